The van der Waals surface area contributed by atoms with E-state index >= 15 is 0 Å². The molecule has 0 aliphatic carbocycles. The number of nitrogens with one attached hydrogen (secondary N) is 1. The quantitative estimate of drug-likeness (QED) is 0.154. The Hall–Kier alpha value is -3.60. The van der Waals surface area contributed by atoms with E-state index in [9.17, 15) is 20.1 Å². The fraction of sp³-hybridized carbons (Fsp3) is 0.531. The summed E-state index contributed by atoms with van der Waals surface area (Å²) in [7, 11) is 0. The Balaban J connectivity index is 1.62. The predicted octanol–water partition coefficient (Wildman–Crippen LogP) is 5.17. The molecule has 1 atom stereocenters. The van der Waals surface area contributed by atoms with Gasteiger partial charge in [0.15, 0.2) is 0 Å². The molecule has 42 heavy (non-hydrogen) atoms. The van der Waals surface area contributed by atoms with Gasteiger partial charge in [0, 0.05) is 25.6 Å². The summed E-state index contributed by atoms with van der Waals surface area (Å²) in [6.45, 7) is 6.85. The molecule has 1 aromatic heterocycles. The van der Waals surface area contributed by atoms with E-state index in [1.54, 1.807) is 0 Å². The van der Waals surface area contributed by atoms with Crippen LogP contribution in [0.5, 0.6) is 0 Å². The van der Waals surface area contributed by atoms with Crippen molar-refractivity contribution in [1.82, 2.24) is 10.3 Å². The molecule has 1 unspecified atom stereocenters. The van der Waals surface area contributed by atoms with E-state index in [-0.39, 0.29) is 5.97 Å². The first-order chi connectivity index (χ1) is 20.4. The van der Waals surface area contributed by atoms with Crippen molar-refractivity contribution in [1.29, 1.82) is 10.5 Å². The number of aromatic nitrogens is 1. The lowest BCUT2D eigenvalue weighted by atomic mass is 10.00. The van der Waals surface area contributed by atoms with Crippen LogP contribution in [0.4, 0.5) is 5.82 Å². The van der Waals surface area contributed by atoms with Crippen LogP contribution in [0, 0.1) is 22.7 Å². The van der Waals surface area contributed by atoms with Crippen LogP contribution in [0.1, 0.15) is 92.7 Å². The van der Waals surface area contributed by atoms with Crippen molar-refractivity contribution in [3.8, 4) is 12.1 Å². The average Bonchev–Trinajstić information content (AvgIpc) is 3.01. The third-order valence-corrected chi connectivity index (χ3v) is 8.72. The molecule has 1 amide bonds. The number of pyridine rings is 1. The number of thioether (sulfide) groups is 1. The molecule has 2 heterocycles. The van der Waals surface area contributed by atoms with E-state index in [0.717, 1.165) is 70.1 Å². The van der Waals surface area contributed by atoms with Gasteiger partial charge in [-0.25, -0.2) is 4.98 Å². The lowest BCUT2D eigenvalue weighted by Gasteiger charge is -2.34. The Morgan fingerprint density at radius 3 is 2.43 bits per heavy atom. The minimum atomic E-state index is -0.710. The summed E-state index contributed by atoms with van der Waals surface area (Å²) in [6.07, 6.45) is 7.52. The summed E-state index contributed by atoms with van der Waals surface area (Å²) in [5.74, 6) is -0.0500. The minimum Gasteiger partial charge on any atom is -0.466 e. The molecule has 0 saturated carbocycles. The molecule has 1 aliphatic rings. The van der Waals surface area contributed by atoms with E-state index in [4.69, 9.17) is 15.5 Å². The van der Waals surface area contributed by atoms with Gasteiger partial charge in [0.25, 0.3) is 0 Å². The molecule has 0 bridgehead atoms. The number of carbonyl (C=O) groups is 2. The highest BCUT2D eigenvalue weighted by Crippen LogP contribution is 2.39. The number of esters is 1. The fourth-order valence-corrected chi connectivity index (χ4v) is 6.16. The normalized spacial score (nSPS) is 14.1. The number of benzene rings is 1. The molecule has 1 aliphatic heterocycles. The molecule has 1 saturated heterocycles. The number of carbonyl (C=O) groups excluding carboxylic acids is 2. The Bertz CT molecular complexity index is 1270. The highest BCUT2D eigenvalue weighted by Gasteiger charge is 2.29. The average molecular weight is 591 g/mol. The van der Waals surface area contributed by atoms with Gasteiger partial charge in [-0.3, -0.25) is 9.59 Å². The number of anilines is 1. The number of hydrogen-bond donors (Lipinski definition) is 2. The Morgan fingerprint density at radius 2 is 1.81 bits per heavy atom. The summed E-state index contributed by atoms with van der Waals surface area (Å²) in [4.78, 5) is 31.1. The van der Waals surface area contributed by atoms with Crippen LogP contribution >= 0.6 is 11.8 Å². The second kappa shape index (κ2) is 17.4. The van der Waals surface area contributed by atoms with E-state index in [1.807, 2.05) is 37.3 Å². The van der Waals surface area contributed by atoms with E-state index in [1.165, 1.54) is 11.8 Å². The third-order valence-electron chi connectivity index (χ3n) is 7.46. The van der Waals surface area contributed by atoms with Crippen molar-refractivity contribution in [2.24, 2.45) is 5.73 Å². The molecule has 3 N–H and O–H groups in total. The number of nitrogens with two attached hydrogens (primary N) is 1. The molecule has 1 fully saturated rings. The lowest BCUT2D eigenvalue weighted by molar-refractivity contribution is -0.143. The molecule has 1 aromatic carbocycles. The number of rotatable bonds is 16. The van der Waals surface area contributed by atoms with Crippen LogP contribution in [0.25, 0.3) is 0 Å². The summed E-state index contributed by atoms with van der Waals surface area (Å²) >= 11 is 1.17. The van der Waals surface area contributed by atoms with Crippen LogP contribution in [0.2, 0.25) is 0 Å². The maximum Gasteiger partial charge on any atom is 0.305 e. The molecule has 0 spiro atoms. The maximum atomic E-state index is 12.4. The molecular weight excluding hydrogens is 548 g/mol. The van der Waals surface area contributed by atoms with Crippen molar-refractivity contribution < 1.29 is 14.3 Å². The molecular formula is C32H42N6O3S. The number of nitriles is 2. The lowest BCUT2D eigenvalue weighted by Crippen LogP contribution is -2.43. The van der Waals surface area contributed by atoms with Gasteiger partial charge in [-0.2, -0.15) is 10.5 Å². The highest BCUT2D eigenvalue weighted by atomic mass is 32.2. The van der Waals surface area contributed by atoms with Crippen molar-refractivity contribution >= 4 is 29.5 Å². The Morgan fingerprint density at radius 1 is 1.10 bits per heavy atom. The summed E-state index contributed by atoms with van der Waals surface area (Å²) in [5, 5.41) is 23.5. The number of hydrogen-bond acceptors (Lipinski definition) is 9. The number of ether oxygens (including phenoxy) is 1. The first kappa shape index (κ1) is 32.9. The molecule has 10 heteroatoms. The predicted molar refractivity (Wildman–Crippen MR) is 165 cm³/mol. The monoisotopic (exact) mass is 590 g/mol. The molecule has 2 aromatic rings. The molecule has 3 rings (SSSR count). The van der Waals surface area contributed by atoms with Crippen molar-refractivity contribution in [3.63, 3.8) is 0 Å². The third kappa shape index (κ3) is 9.20. The first-order valence-electron chi connectivity index (χ1n) is 14.9. The summed E-state index contributed by atoms with van der Waals surface area (Å²) in [5.41, 5.74) is 7.92. The zero-order valence-electron chi connectivity index (χ0n) is 24.7. The smallest absolute Gasteiger partial charge is 0.305 e. The molecule has 224 valence electrons. The number of nitrogens with zero attached hydrogens (tertiary/aromatic N) is 4. The van der Waals surface area contributed by atoms with Crippen molar-refractivity contribution in [3.05, 3.63) is 52.6 Å². The summed E-state index contributed by atoms with van der Waals surface area (Å²) in [6, 6.07) is 14.1. The molecule has 0 radical (unpaired) electrons. The number of primary amides is 1. The zero-order valence-corrected chi connectivity index (χ0v) is 25.5. The van der Waals surface area contributed by atoms with Crippen LogP contribution in [0.15, 0.2) is 35.4 Å². The van der Waals surface area contributed by atoms with Gasteiger partial charge in [0.05, 0.1) is 17.7 Å². The standard InChI is InChI=1S/C32H42N6O3S/c1-3-5-20-41-28(39)14-10-7-11-17-36-24-15-18-38(19-16-24)31-26(21-33)25(4-2)27(22-34)32(37-31)42-29(30(35)40)23-12-8-6-9-13-23/h6,8-9,12-13,24,29,36H,3-5,7,10-11,14-20H2,1-2H3,(H2,35,40). The number of piperidine rings is 1. The second-order valence-electron chi connectivity index (χ2n) is 10.5. The van der Waals surface area contributed by atoms with Crippen LogP contribution in [0.3, 0.4) is 0 Å². The van der Waals surface area contributed by atoms with Gasteiger partial charge in [-0.05, 0) is 56.2 Å². The topological polar surface area (TPSA) is 145 Å². The van der Waals surface area contributed by atoms with Gasteiger partial charge in [-0.1, -0.05) is 68.8 Å². The zero-order chi connectivity index (χ0) is 30.3. The minimum absolute atomic E-state index is 0.102. The fourth-order valence-electron chi connectivity index (χ4n) is 5.10. The van der Waals surface area contributed by atoms with Crippen molar-refractivity contribution in [2.45, 2.75) is 88.0 Å². The van der Waals surface area contributed by atoms with Gasteiger partial charge < -0.3 is 20.7 Å². The number of unbranched alkanes of at least 4 members (excludes halogenated alkanes) is 3. The molecule has 9 nitrogen and oxygen atoms in total. The van der Waals surface area contributed by atoms with E-state index in [2.05, 4.69) is 29.3 Å². The summed E-state index contributed by atoms with van der Waals surface area (Å²) < 4.78 is 5.21. The van der Waals surface area contributed by atoms with E-state index < -0.39 is 11.2 Å². The first-order valence-corrected chi connectivity index (χ1v) is 15.8. The SMILES string of the molecule is CCCCOC(=O)CCCCCNC1CCN(c2nc(SC(C(N)=O)c3ccccc3)c(C#N)c(CC)c2C#N)CC1. The van der Waals surface area contributed by atoms with E-state index in [0.29, 0.717) is 53.0 Å². The largest absolute Gasteiger partial charge is 0.466 e. The van der Waals surface area contributed by atoms with Gasteiger partial charge in [0.2, 0.25) is 5.91 Å². The number of amides is 1. The Kier molecular flexibility index (Phi) is 13.6. The van der Waals surface area contributed by atoms with Gasteiger partial charge in [-0.15, -0.1) is 0 Å². The van der Waals surface area contributed by atoms with Crippen LogP contribution in [-0.2, 0) is 20.7 Å². The van der Waals surface area contributed by atoms with Gasteiger partial charge in [0.1, 0.15) is 28.2 Å². The maximum absolute atomic E-state index is 12.4. The second-order valence-corrected chi connectivity index (χ2v) is 11.6. The Labute approximate surface area is 253 Å². The van der Waals surface area contributed by atoms with Crippen LogP contribution < -0.4 is 16.0 Å². The van der Waals surface area contributed by atoms with Crippen LogP contribution in [-0.4, -0.2) is 49.1 Å². The highest BCUT2D eigenvalue weighted by molar-refractivity contribution is 8.00. The van der Waals surface area contributed by atoms with Gasteiger partial charge >= 0.3 is 5.97 Å². The van der Waals surface area contributed by atoms with Crippen molar-refractivity contribution in [2.75, 3.05) is 31.1 Å².